The SMILES string of the molecule is CCc1c(N)ncnc1N1CCN(C)C(C)C1. The highest BCUT2D eigenvalue weighted by Crippen LogP contribution is 2.23. The first-order valence-corrected chi connectivity index (χ1v) is 6.18. The maximum Gasteiger partial charge on any atom is 0.137 e. The highest BCUT2D eigenvalue weighted by Gasteiger charge is 2.23. The van der Waals surface area contributed by atoms with E-state index in [0.29, 0.717) is 11.9 Å². The molecule has 0 saturated carbocycles. The zero-order valence-corrected chi connectivity index (χ0v) is 10.8. The van der Waals surface area contributed by atoms with Gasteiger partial charge in [-0.1, -0.05) is 6.92 Å². The zero-order valence-electron chi connectivity index (χ0n) is 10.8. The molecule has 1 saturated heterocycles. The average Bonchev–Trinajstić information content (AvgIpc) is 2.32. The molecule has 1 fully saturated rings. The molecule has 1 unspecified atom stereocenters. The number of rotatable bonds is 2. The zero-order chi connectivity index (χ0) is 12.4. The van der Waals surface area contributed by atoms with Crippen LogP contribution < -0.4 is 10.6 Å². The smallest absolute Gasteiger partial charge is 0.137 e. The molecule has 94 valence electrons. The summed E-state index contributed by atoms with van der Waals surface area (Å²) < 4.78 is 0. The van der Waals surface area contributed by atoms with Crippen molar-refractivity contribution in [1.29, 1.82) is 0 Å². The van der Waals surface area contributed by atoms with Crippen molar-refractivity contribution in [2.24, 2.45) is 0 Å². The first kappa shape index (κ1) is 12.1. The molecule has 1 aliphatic rings. The van der Waals surface area contributed by atoms with E-state index in [2.05, 4.69) is 40.7 Å². The van der Waals surface area contributed by atoms with E-state index in [1.54, 1.807) is 6.33 Å². The van der Waals surface area contributed by atoms with Crippen molar-refractivity contribution in [3.63, 3.8) is 0 Å². The highest BCUT2D eigenvalue weighted by molar-refractivity contribution is 5.56. The Bertz CT molecular complexity index is 392. The van der Waals surface area contributed by atoms with Crippen molar-refractivity contribution in [2.75, 3.05) is 37.3 Å². The Kier molecular flexibility index (Phi) is 3.47. The van der Waals surface area contributed by atoms with E-state index in [0.717, 1.165) is 37.4 Å². The summed E-state index contributed by atoms with van der Waals surface area (Å²) in [6.45, 7) is 7.40. The Morgan fingerprint density at radius 2 is 2.18 bits per heavy atom. The molecule has 17 heavy (non-hydrogen) atoms. The molecule has 2 heterocycles. The van der Waals surface area contributed by atoms with Gasteiger partial charge >= 0.3 is 0 Å². The van der Waals surface area contributed by atoms with Crippen molar-refractivity contribution in [2.45, 2.75) is 26.3 Å². The van der Waals surface area contributed by atoms with Crippen LogP contribution in [0.15, 0.2) is 6.33 Å². The second-order valence-corrected chi connectivity index (χ2v) is 4.69. The van der Waals surface area contributed by atoms with Gasteiger partial charge in [0.15, 0.2) is 0 Å². The van der Waals surface area contributed by atoms with Gasteiger partial charge in [-0.05, 0) is 20.4 Å². The summed E-state index contributed by atoms with van der Waals surface area (Å²) in [7, 11) is 2.16. The number of nitrogens with zero attached hydrogens (tertiary/aromatic N) is 4. The van der Waals surface area contributed by atoms with E-state index in [1.165, 1.54) is 0 Å². The molecule has 0 radical (unpaired) electrons. The summed E-state index contributed by atoms with van der Waals surface area (Å²) in [5, 5.41) is 0. The minimum atomic E-state index is 0.546. The largest absolute Gasteiger partial charge is 0.383 e. The third-order valence-corrected chi connectivity index (χ3v) is 3.57. The number of anilines is 2. The lowest BCUT2D eigenvalue weighted by Gasteiger charge is -2.39. The van der Waals surface area contributed by atoms with Crippen molar-refractivity contribution in [1.82, 2.24) is 14.9 Å². The quantitative estimate of drug-likeness (QED) is 0.820. The number of nitrogens with two attached hydrogens (primary N) is 1. The van der Waals surface area contributed by atoms with Crippen molar-refractivity contribution in [3.8, 4) is 0 Å². The van der Waals surface area contributed by atoms with Crippen molar-refractivity contribution in [3.05, 3.63) is 11.9 Å². The molecule has 0 bridgehead atoms. The lowest BCUT2D eigenvalue weighted by atomic mass is 10.1. The van der Waals surface area contributed by atoms with Gasteiger partial charge in [0.1, 0.15) is 18.0 Å². The highest BCUT2D eigenvalue weighted by atomic mass is 15.3. The van der Waals surface area contributed by atoms with E-state index in [4.69, 9.17) is 5.73 Å². The third-order valence-electron chi connectivity index (χ3n) is 3.57. The van der Waals surface area contributed by atoms with Crippen LogP contribution in [-0.2, 0) is 6.42 Å². The first-order valence-electron chi connectivity index (χ1n) is 6.18. The third kappa shape index (κ3) is 2.34. The summed E-state index contributed by atoms with van der Waals surface area (Å²) in [5.74, 6) is 1.63. The molecule has 1 aliphatic heterocycles. The summed E-state index contributed by atoms with van der Waals surface area (Å²) in [4.78, 5) is 13.2. The molecule has 2 N–H and O–H groups in total. The van der Waals surface area contributed by atoms with Crippen LogP contribution in [0.4, 0.5) is 11.6 Å². The molecule has 5 heteroatoms. The van der Waals surface area contributed by atoms with Crippen LogP contribution in [0.3, 0.4) is 0 Å². The Morgan fingerprint density at radius 3 is 2.82 bits per heavy atom. The van der Waals surface area contributed by atoms with Crippen molar-refractivity contribution >= 4 is 11.6 Å². The second-order valence-electron chi connectivity index (χ2n) is 4.69. The number of aromatic nitrogens is 2. The first-order chi connectivity index (χ1) is 8.13. The number of hydrogen-bond donors (Lipinski definition) is 1. The van der Waals surface area contributed by atoms with Crippen LogP contribution in [0.5, 0.6) is 0 Å². The standard InChI is InChI=1S/C12H21N5/c1-4-10-11(13)14-8-15-12(10)17-6-5-16(3)9(2)7-17/h8-9H,4-7H2,1-3H3,(H2,13,14,15). The normalized spacial score (nSPS) is 21.8. The molecule has 0 amide bonds. The molecule has 5 nitrogen and oxygen atoms in total. The summed E-state index contributed by atoms with van der Waals surface area (Å²) in [6, 6.07) is 0.546. The fraction of sp³-hybridized carbons (Fsp3) is 0.667. The molecule has 0 spiro atoms. The van der Waals surface area contributed by atoms with E-state index in [9.17, 15) is 0 Å². The van der Waals surface area contributed by atoms with E-state index in [1.807, 2.05) is 0 Å². The summed E-state index contributed by atoms with van der Waals surface area (Å²) >= 11 is 0. The van der Waals surface area contributed by atoms with E-state index >= 15 is 0 Å². The van der Waals surface area contributed by atoms with Crippen LogP contribution in [0.25, 0.3) is 0 Å². The molecule has 2 rings (SSSR count). The summed E-state index contributed by atoms with van der Waals surface area (Å²) in [6.07, 6.45) is 2.44. The topological polar surface area (TPSA) is 58.3 Å². The number of nitrogen functional groups attached to an aromatic ring is 1. The number of hydrogen-bond acceptors (Lipinski definition) is 5. The van der Waals surface area contributed by atoms with Crippen LogP contribution in [0.1, 0.15) is 19.4 Å². The van der Waals surface area contributed by atoms with Gasteiger partial charge in [0.2, 0.25) is 0 Å². The van der Waals surface area contributed by atoms with Gasteiger partial charge in [0.05, 0.1) is 0 Å². The fourth-order valence-corrected chi connectivity index (χ4v) is 2.27. The van der Waals surface area contributed by atoms with Crippen LogP contribution in [-0.4, -0.2) is 47.6 Å². The van der Waals surface area contributed by atoms with Crippen LogP contribution >= 0.6 is 0 Å². The predicted molar refractivity (Wildman–Crippen MR) is 70.1 cm³/mol. The van der Waals surface area contributed by atoms with Crippen LogP contribution in [0.2, 0.25) is 0 Å². The van der Waals surface area contributed by atoms with Crippen LogP contribution in [0, 0.1) is 0 Å². The maximum absolute atomic E-state index is 5.91. The van der Waals surface area contributed by atoms with Gasteiger partial charge in [-0.2, -0.15) is 0 Å². The van der Waals surface area contributed by atoms with Gasteiger partial charge in [-0.3, -0.25) is 0 Å². The molecule has 1 aromatic heterocycles. The Hall–Kier alpha value is -1.36. The van der Waals surface area contributed by atoms with Gasteiger partial charge in [-0.25, -0.2) is 9.97 Å². The number of likely N-dealkylation sites (N-methyl/N-ethyl adjacent to an activating group) is 1. The lowest BCUT2D eigenvalue weighted by molar-refractivity contribution is 0.233. The Morgan fingerprint density at radius 1 is 1.41 bits per heavy atom. The molecule has 0 aromatic carbocycles. The second kappa shape index (κ2) is 4.87. The molecule has 1 atom stereocenters. The molecular formula is C12H21N5. The van der Waals surface area contributed by atoms with E-state index < -0.39 is 0 Å². The molecule has 1 aromatic rings. The monoisotopic (exact) mass is 235 g/mol. The van der Waals surface area contributed by atoms with Gasteiger partial charge in [-0.15, -0.1) is 0 Å². The van der Waals surface area contributed by atoms with Crippen molar-refractivity contribution < 1.29 is 0 Å². The molecule has 0 aliphatic carbocycles. The fourth-order valence-electron chi connectivity index (χ4n) is 2.27. The Labute approximate surface area is 103 Å². The summed E-state index contributed by atoms with van der Waals surface area (Å²) in [5.41, 5.74) is 6.99. The lowest BCUT2D eigenvalue weighted by Crippen LogP contribution is -2.50. The predicted octanol–water partition coefficient (Wildman–Crippen LogP) is 0.762. The van der Waals surface area contributed by atoms with Gasteiger partial charge in [0.25, 0.3) is 0 Å². The minimum absolute atomic E-state index is 0.546. The maximum atomic E-state index is 5.91. The minimum Gasteiger partial charge on any atom is -0.383 e. The Balaban J connectivity index is 2.25. The van der Waals surface area contributed by atoms with Gasteiger partial charge < -0.3 is 15.5 Å². The van der Waals surface area contributed by atoms with Gasteiger partial charge in [0, 0.05) is 31.2 Å². The molecular weight excluding hydrogens is 214 g/mol. The number of piperazine rings is 1. The average molecular weight is 235 g/mol. The van der Waals surface area contributed by atoms with E-state index in [-0.39, 0.29) is 0 Å².